The predicted molar refractivity (Wildman–Crippen MR) is 77.2 cm³/mol. The normalized spacial score (nSPS) is 10.2. The number of rotatable bonds is 4. The van der Waals surface area contributed by atoms with Crippen molar-refractivity contribution in [2.45, 2.75) is 16.8 Å². The highest BCUT2D eigenvalue weighted by Gasteiger charge is 2.14. The summed E-state index contributed by atoms with van der Waals surface area (Å²) in [6.07, 6.45) is 0. The molecule has 0 fully saturated rings. The van der Waals surface area contributed by atoms with Gasteiger partial charge in [-0.25, -0.2) is 4.98 Å². The number of aromatic nitrogens is 1. The zero-order chi connectivity index (χ0) is 14.7. The van der Waals surface area contributed by atoms with E-state index in [1.165, 1.54) is 17.8 Å². The van der Waals surface area contributed by atoms with Crippen LogP contribution >= 0.6 is 11.8 Å². The fourth-order valence-corrected chi connectivity index (χ4v) is 2.65. The molecule has 20 heavy (non-hydrogen) atoms. The summed E-state index contributed by atoms with van der Waals surface area (Å²) >= 11 is 1.18. The van der Waals surface area contributed by atoms with Gasteiger partial charge in [-0.05, 0) is 25.1 Å². The van der Waals surface area contributed by atoms with Gasteiger partial charge in [0.05, 0.1) is 9.82 Å². The lowest BCUT2D eigenvalue weighted by molar-refractivity contribution is -0.387. The molecule has 0 aliphatic rings. The van der Waals surface area contributed by atoms with Gasteiger partial charge in [0.15, 0.2) is 0 Å². The van der Waals surface area contributed by atoms with Crippen LogP contribution in [0.5, 0.6) is 0 Å². The first-order valence-corrected chi connectivity index (χ1v) is 6.53. The maximum Gasteiger partial charge on any atom is 0.283 e. The molecule has 7 heteroatoms. The molecular weight excluding hydrogens is 276 g/mol. The number of nitro groups is 1. The van der Waals surface area contributed by atoms with E-state index in [-0.39, 0.29) is 11.5 Å². The lowest BCUT2D eigenvalue weighted by Crippen LogP contribution is -2.11. The molecule has 0 saturated carbocycles. The van der Waals surface area contributed by atoms with Gasteiger partial charge < -0.3 is 5.73 Å². The number of amidine groups is 1. The van der Waals surface area contributed by atoms with Gasteiger partial charge in [0.1, 0.15) is 10.9 Å². The monoisotopic (exact) mass is 288 g/mol. The topological polar surface area (TPSA) is 106 Å². The molecule has 0 spiro atoms. The van der Waals surface area contributed by atoms with Crippen LogP contribution in [0.15, 0.2) is 46.3 Å². The highest BCUT2D eigenvalue weighted by atomic mass is 32.2. The number of pyridine rings is 1. The minimum absolute atomic E-state index is 0.0326. The number of hydrogen-bond acceptors (Lipinski definition) is 5. The number of nitrogen functional groups attached to an aromatic ring is 1. The molecule has 2 rings (SSSR count). The van der Waals surface area contributed by atoms with Crippen molar-refractivity contribution in [2.24, 2.45) is 5.73 Å². The highest BCUT2D eigenvalue weighted by Crippen LogP contribution is 2.33. The Morgan fingerprint density at radius 2 is 2.10 bits per heavy atom. The molecule has 0 aliphatic carbocycles. The van der Waals surface area contributed by atoms with Crippen LogP contribution in [0.1, 0.15) is 11.3 Å². The maximum absolute atomic E-state index is 11.0. The average Bonchev–Trinajstić information content (AvgIpc) is 2.38. The molecule has 0 radical (unpaired) electrons. The van der Waals surface area contributed by atoms with Crippen LogP contribution in [0, 0.1) is 22.4 Å². The van der Waals surface area contributed by atoms with E-state index in [1.807, 2.05) is 0 Å². The number of nitrogens with two attached hydrogens (primary N) is 1. The number of hydrogen-bond donors (Lipinski definition) is 2. The summed E-state index contributed by atoms with van der Waals surface area (Å²) in [5, 5.41) is 19.0. The molecular formula is C13H12N4O2S. The molecule has 1 heterocycles. The Kier molecular flexibility index (Phi) is 3.99. The lowest BCUT2D eigenvalue weighted by atomic mass is 10.2. The van der Waals surface area contributed by atoms with Crippen LogP contribution < -0.4 is 5.73 Å². The third-order valence-electron chi connectivity index (χ3n) is 2.52. The Hall–Kier alpha value is -2.41. The van der Waals surface area contributed by atoms with Crippen molar-refractivity contribution in [3.8, 4) is 0 Å². The summed E-state index contributed by atoms with van der Waals surface area (Å²) in [6, 6.07) is 9.82. The van der Waals surface area contributed by atoms with E-state index in [0.717, 1.165) is 0 Å². The van der Waals surface area contributed by atoms with Crippen LogP contribution in [-0.4, -0.2) is 15.7 Å². The van der Waals surface area contributed by atoms with E-state index >= 15 is 0 Å². The summed E-state index contributed by atoms with van der Waals surface area (Å²) in [5.74, 6) is -0.0556. The fourth-order valence-electron chi connectivity index (χ4n) is 1.65. The van der Waals surface area contributed by atoms with Gasteiger partial charge in [-0.3, -0.25) is 15.5 Å². The van der Waals surface area contributed by atoms with Crippen LogP contribution in [0.4, 0.5) is 5.69 Å². The van der Waals surface area contributed by atoms with Gasteiger partial charge in [0, 0.05) is 17.3 Å². The van der Waals surface area contributed by atoms with Gasteiger partial charge in [-0.15, -0.1) is 0 Å². The van der Waals surface area contributed by atoms with E-state index < -0.39 is 4.92 Å². The molecule has 1 aromatic heterocycles. The first-order valence-electron chi connectivity index (χ1n) is 5.71. The Morgan fingerprint density at radius 1 is 1.40 bits per heavy atom. The third-order valence-corrected chi connectivity index (χ3v) is 3.50. The minimum Gasteiger partial charge on any atom is -0.384 e. The number of nitrogens with zero attached hydrogens (tertiary/aromatic N) is 2. The summed E-state index contributed by atoms with van der Waals surface area (Å²) in [5.41, 5.74) is 6.76. The second kappa shape index (κ2) is 5.70. The number of para-hydroxylation sites is 1. The van der Waals surface area contributed by atoms with Crippen LogP contribution in [0.3, 0.4) is 0 Å². The van der Waals surface area contributed by atoms with Gasteiger partial charge in [-0.2, -0.15) is 0 Å². The average molecular weight is 288 g/mol. The number of nitrogens with one attached hydrogen (secondary N) is 1. The van der Waals surface area contributed by atoms with Crippen molar-refractivity contribution in [1.29, 1.82) is 5.41 Å². The van der Waals surface area contributed by atoms with Crippen molar-refractivity contribution in [3.05, 3.63) is 57.8 Å². The molecule has 0 saturated heterocycles. The van der Waals surface area contributed by atoms with E-state index in [2.05, 4.69) is 4.98 Å². The predicted octanol–water partition coefficient (Wildman–Crippen LogP) is 2.73. The molecule has 0 atom stereocenters. The Morgan fingerprint density at radius 3 is 2.75 bits per heavy atom. The summed E-state index contributed by atoms with van der Waals surface area (Å²) in [6.45, 7) is 1.79. The van der Waals surface area contributed by atoms with E-state index in [1.54, 1.807) is 37.3 Å². The zero-order valence-electron chi connectivity index (χ0n) is 10.7. The third kappa shape index (κ3) is 3.12. The van der Waals surface area contributed by atoms with Gasteiger partial charge in [0.2, 0.25) is 0 Å². The van der Waals surface area contributed by atoms with Gasteiger partial charge in [-0.1, -0.05) is 23.9 Å². The van der Waals surface area contributed by atoms with E-state index in [0.29, 0.717) is 21.2 Å². The largest absolute Gasteiger partial charge is 0.384 e. The first-order chi connectivity index (χ1) is 9.47. The minimum atomic E-state index is -0.427. The van der Waals surface area contributed by atoms with E-state index in [4.69, 9.17) is 11.1 Å². The molecule has 2 aromatic rings. The van der Waals surface area contributed by atoms with Crippen molar-refractivity contribution < 1.29 is 4.92 Å². The van der Waals surface area contributed by atoms with Crippen LogP contribution in [0.25, 0.3) is 0 Å². The summed E-state index contributed by atoms with van der Waals surface area (Å²) in [4.78, 5) is 15.4. The van der Waals surface area contributed by atoms with E-state index in [9.17, 15) is 10.1 Å². The Bertz CT molecular complexity index is 688. The highest BCUT2D eigenvalue weighted by molar-refractivity contribution is 7.99. The van der Waals surface area contributed by atoms with Crippen molar-refractivity contribution >= 4 is 23.3 Å². The molecule has 6 nitrogen and oxygen atoms in total. The summed E-state index contributed by atoms with van der Waals surface area (Å²) in [7, 11) is 0. The summed E-state index contributed by atoms with van der Waals surface area (Å²) < 4.78 is 0. The molecule has 0 aliphatic heterocycles. The first kappa shape index (κ1) is 14.0. The quantitative estimate of drug-likeness (QED) is 0.389. The number of benzene rings is 1. The van der Waals surface area contributed by atoms with Gasteiger partial charge in [0.25, 0.3) is 5.69 Å². The maximum atomic E-state index is 11.0. The fraction of sp³-hybridized carbons (Fsp3) is 0.0769. The molecule has 102 valence electrons. The van der Waals surface area contributed by atoms with Crippen molar-refractivity contribution in [3.63, 3.8) is 0 Å². The SMILES string of the molecule is Cc1cc(C(=N)N)cc(Sc2ccccc2[N+](=O)[O-])n1. The zero-order valence-corrected chi connectivity index (χ0v) is 11.5. The number of nitro benzene ring substituents is 1. The van der Waals surface area contributed by atoms with Crippen LogP contribution in [-0.2, 0) is 0 Å². The Balaban J connectivity index is 2.40. The Labute approximate surface area is 119 Å². The van der Waals surface area contributed by atoms with Gasteiger partial charge >= 0.3 is 0 Å². The smallest absolute Gasteiger partial charge is 0.283 e. The molecule has 0 unspecified atom stereocenters. The van der Waals surface area contributed by atoms with Crippen LogP contribution in [0.2, 0.25) is 0 Å². The lowest BCUT2D eigenvalue weighted by Gasteiger charge is -2.06. The standard InChI is InChI=1S/C13H12N4O2S/c1-8-6-9(13(14)15)7-12(16-8)20-11-5-3-2-4-10(11)17(18)19/h2-7H,1H3,(H3,14,15). The second-order valence-corrected chi connectivity index (χ2v) is 5.14. The van der Waals surface area contributed by atoms with Crippen molar-refractivity contribution in [2.75, 3.05) is 0 Å². The second-order valence-electron chi connectivity index (χ2n) is 4.08. The molecule has 0 amide bonds. The molecule has 3 N–H and O–H groups in total. The molecule has 1 aromatic carbocycles. The van der Waals surface area contributed by atoms with Crippen molar-refractivity contribution in [1.82, 2.24) is 4.98 Å². The molecule has 0 bridgehead atoms. The number of aryl methyl sites for hydroxylation is 1.